The number of hydrogen-bond acceptors (Lipinski definition) is 6. The lowest BCUT2D eigenvalue weighted by Crippen LogP contribution is -2.49. The smallest absolute Gasteiger partial charge is 0.331 e. The van der Waals surface area contributed by atoms with Crippen LogP contribution in [0.2, 0.25) is 36.3 Å². The monoisotopic (exact) mass is 668 g/mol. The van der Waals surface area contributed by atoms with Gasteiger partial charge in [-0.15, -0.1) is 0 Å². The molecule has 264 valence electrons. The number of carbonyl (C=O) groups excluding carboxylic acids is 1. The summed E-state index contributed by atoms with van der Waals surface area (Å²) in [5.74, 6) is -0.384. The molecule has 1 fully saturated rings. The number of aliphatic hydroxyl groups is 1. The molecule has 0 unspecified atom stereocenters. The van der Waals surface area contributed by atoms with E-state index in [2.05, 4.69) is 74.7 Å². The second-order valence-corrected chi connectivity index (χ2v) is 26.5. The minimum atomic E-state index is -2.09. The minimum absolute atomic E-state index is 0.0313. The van der Waals surface area contributed by atoms with Crippen LogP contribution in [-0.2, 0) is 23.1 Å². The summed E-state index contributed by atoms with van der Waals surface area (Å²) in [7, 11) is -4.08. The van der Waals surface area contributed by atoms with Crippen molar-refractivity contribution in [2.45, 2.75) is 218 Å². The summed E-state index contributed by atoms with van der Waals surface area (Å²) in [6.45, 7) is 25.3. The first-order chi connectivity index (χ1) is 20.9. The summed E-state index contributed by atoms with van der Waals surface area (Å²) in [6, 6.07) is 0. The Morgan fingerprint density at radius 1 is 0.756 bits per heavy atom. The van der Waals surface area contributed by atoms with E-state index >= 15 is 0 Å². The maximum atomic E-state index is 11.6. The van der Waals surface area contributed by atoms with Gasteiger partial charge in [0.15, 0.2) is 16.6 Å². The van der Waals surface area contributed by atoms with Gasteiger partial charge in [-0.05, 0) is 74.4 Å². The molecule has 0 aromatic carbocycles. The Morgan fingerprint density at radius 2 is 1.20 bits per heavy atom. The maximum Gasteiger partial charge on any atom is 0.331 e. The highest BCUT2D eigenvalue weighted by Crippen LogP contribution is 2.42. The topological polar surface area (TPSA) is 74.2 Å². The summed E-state index contributed by atoms with van der Waals surface area (Å²) in [5.41, 5.74) is 0. The minimum Gasteiger partial charge on any atom is -0.452 e. The molecule has 2 aliphatic rings. The molecule has 1 N–H and O–H groups in total. The van der Waals surface area contributed by atoms with Gasteiger partial charge in [0.25, 0.3) is 0 Å². The van der Waals surface area contributed by atoms with Crippen molar-refractivity contribution in [1.82, 2.24) is 0 Å². The average Bonchev–Trinajstić information content (AvgIpc) is 3.59. The van der Waals surface area contributed by atoms with Gasteiger partial charge in [0.05, 0.1) is 30.5 Å². The summed E-state index contributed by atoms with van der Waals surface area (Å²) >= 11 is 0. The lowest BCUT2D eigenvalue weighted by Gasteiger charge is -2.42. The number of rotatable bonds is 21. The van der Waals surface area contributed by atoms with Gasteiger partial charge in [-0.2, -0.15) is 0 Å². The molecular weight excluding hydrogens is 597 g/mol. The predicted molar refractivity (Wildman–Crippen MR) is 193 cm³/mol. The van der Waals surface area contributed by atoms with E-state index in [0.717, 1.165) is 19.3 Å². The molecule has 0 aromatic rings. The van der Waals surface area contributed by atoms with Crippen LogP contribution in [0.1, 0.15) is 145 Å². The first-order valence-electron chi connectivity index (χ1n) is 18.5. The fourth-order valence-electron chi connectivity index (χ4n) is 5.91. The number of hydrogen-bond donors (Lipinski definition) is 1. The van der Waals surface area contributed by atoms with Crippen LogP contribution in [-0.4, -0.2) is 64.3 Å². The van der Waals surface area contributed by atoms with Crippen LogP contribution >= 0.6 is 0 Å². The zero-order chi connectivity index (χ0) is 33.9. The molecule has 0 aromatic heterocycles. The second kappa shape index (κ2) is 18.3. The number of unbranched alkanes of at least 4 members (excludes halogenated alkanes) is 9. The first kappa shape index (κ1) is 40.7. The number of aliphatic hydroxyl groups excluding tert-OH is 1. The first-order valence-corrected chi connectivity index (χ1v) is 24.3. The largest absolute Gasteiger partial charge is 0.452 e. The quantitative estimate of drug-likeness (QED) is 0.0745. The molecule has 0 spiro atoms. The molecule has 1 saturated heterocycles. The van der Waals surface area contributed by atoms with Gasteiger partial charge >= 0.3 is 5.97 Å². The highest BCUT2D eigenvalue weighted by Gasteiger charge is 2.46. The number of esters is 1. The van der Waals surface area contributed by atoms with Crippen LogP contribution in [0, 0.1) is 0 Å². The molecule has 2 aliphatic heterocycles. The Kier molecular flexibility index (Phi) is 16.5. The van der Waals surface area contributed by atoms with Gasteiger partial charge < -0.3 is 23.4 Å². The Bertz CT molecular complexity index is 890. The molecule has 0 amide bonds. The molecule has 0 saturated carbocycles. The lowest BCUT2D eigenvalue weighted by atomic mass is 9.99. The number of carbonyl (C=O) groups is 1. The highest BCUT2D eigenvalue weighted by molar-refractivity contribution is 6.74. The normalized spacial score (nSPS) is 23.4. The summed E-state index contributed by atoms with van der Waals surface area (Å²) in [6.07, 6.45) is 19.2. The van der Waals surface area contributed by atoms with Crippen LogP contribution in [0.4, 0.5) is 0 Å². The van der Waals surface area contributed by atoms with Gasteiger partial charge in [-0.3, -0.25) is 0 Å². The fourth-order valence-corrected chi connectivity index (χ4v) is 8.67. The molecule has 2 heterocycles. The molecule has 45 heavy (non-hydrogen) atoms. The van der Waals surface area contributed by atoms with E-state index in [1.165, 1.54) is 70.3 Å². The van der Waals surface area contributed by atoms with Crippen molar-refractivity contribution in [1.29, 1.82) is 0 Å². The number of cyclic esters (lactones) is 1. The Balaban J connectivity index is 2.06. The van der Waals surface area contributed by atoms with Crippen LogP contribution in [0.3, 0.4) is 0 Å². The van der Waals surface area contributed by atoms with Gasteiger partial charge in [0.1, 0.15) is 6.10 Å². The van der Waals surface area contributed by atoms with Crippen molar-refractivity contribution >= 4 is 22.6 Å². The average molecular weight is 669 g/mol. The SMILES string of the molecule is CCCCCCCCCCCC[C@H](O[Si](C)(C)C(C)(C)C)[C@@H]1CC[C@@H]([C@H](CC[C@@H](O)[C@H]2C=CC(=O)O2)O[Si](C)(C)C(C)(C)C)O1. The molecule has 2 rings (SSSR count). The van der Waals surface area contributed by atoms with Crippen LogP contribution < -0.4 is 0 Å². The summed E-state index contributed by atoms with van der Waals surface area (Å²) in [4.78, 5) is 11.6. The van der Waals surface area contributed by atoms with E-state index in [1.807, 2.05) is 0 Å². The molecule has 6 atom stereocenters. The van der Waals surface area contributed by atoms with Crippen molar-refractivity contribution in [3.63, 3.8) is 0 Å². The summed E-state index contributed by atoms with van der Waals surface area (Å²) < 4.78 is 26.3. The lowest BCUT2D eigenvalue weighted by molar-refractivity contribution is -0.143. The third kappa shape index (κ3) is 13.5. The van der Waals surface area contributed by atoms with Crippen LogP contribution in [0.15, 0.2) is 12.2 Å². The zero-order valence-corrected chi connectivity index (χ0v) is 33.2. The second-order valence-electron chi connectivity index (χ2n) is 17.0. The van der Waals surface area contributed by atoms with E-state index < -0.39 is 28.8 Å². The zero-order valence-electron chi connectivity index (χ0n) is 31.2. The third-order valence-corrected chi connectivity index (χ3v) is 20.1. The number of ether oxygens (including phenoxy) is 2. The Morgan fingerprint density at radius 3 is 1.62 bits per heavy atom. The maximum absolute atomic E-state index is 11.6. The summed E-state index contributed by atoms with van der Waals surface area (Å²) in [5, 5.41) is 11.1. The van der Waals surface area contributed by atoms with Crippen LogP contribution in [0.5, 0.6) is 0 Å². The van der Waals surface area contributed by atoms with Gasteiger partial charge in [-0.25, -0.2) is 4.79 Å². The van der Waals surface area contributed by atoms with Crippen LogP contribution in [0.25, 0.3) is 0 Å². The van der Waals surface area contributed by atoms with Crippen molar-refractivity contribution in [2.75, 3.05) is 0 Å². The predicted octanol–water partition coefficient (Wildman–Crippen LogP) is 10.2. The molecule has 8 heteroatoms. The van der Waals surface area contributed by atoms with Crippen molar-refractivity contribution in [3.05, 3.63) is 12.2 Å². The molecule has 0 aliphatic carbocycles. The highest BCUT2D eigenvalue weighted by atomic mass is 28.4. The Hall–Kier alpha value is -0.516. The molecule has 6 nitrogen and oxygen atoms in total. The van der Waals surface area contributed by atoms with Crippen molar-refractivity contribution < 1.29 is 28.2 Å². The van der Waals surface area contributed by atoms with E-state index in [9.17, 15) is 9.90 Å². The van der Waals surface area contributed by atoms with Crippen molar-refractivity contribution in [2.24, 2.45) is 0 Å². The standard InChI is InChI=1S/C37H72O6Si2/c1-12-13-14-15-16-17-18-19-20-21-22-33(42-44(8,9)36(2,3)4)31-25-26-32(40-31)34(43-45(10,11)37(5,6)7)24-23-29(38)30-27-28-35(39)41-30/h27-34,38H,12-26H2,1-11H3/t29-,30-,31+,32+,33+,34+/m1/s1. The Labute approximate surface area is 280 Å². The molecule has 0 bridgehead atoms. The van der Waals surface area contributed by atoms with Gasteiger partial charge in [0.2, 0.25) is 0 Å². The third-order valence-electron chi connectivity index (χ3n) is 11.1. The fraction of sp³-hybridized carbons (Fsp3) is 0.919. The van der Waals surface area contributed by atoms with E-state index in [4.69, 9.17) is 18.3 Å². The van der Waals surface area contributed by atoms with Crippen molar-refractivity contribution in [3.8, 4) is 0 Å². The van der Waals surface area contributed by atoms with Gasteiger partial charge in [-0.1, -0.05) is 113 Å². The van der Waals surface area contributed by atoms with Gasteiger partial charge in [0, 0.05) is 6.08 Å². The van der Waals surface area contributed by atoms with E-state index in [0.29, 0.717) is 12.8 Å². The molecule has 0 radical (unpaired) electrons. The molecular formula is C37H72O6Si2. The van der Waals surface area contributed by atoms with E-state index in [1.54, 1.807) is 6.08 Å². The van der Waals surface area contributed by atoms with E-state index in [-0.39, 0.29) is 40.5 Å².